The van der Waals surface area contributed by atoms with E-state index in [1.165, 1.54) is 30.3 Å². The quantitative estimate of drug-likeness (QED) is 0.515. The van der Waals surface area contributed by atoms with Gasteiger partial charge in [-0.25, -0.2) is 8.42 Å². The molecule has 0 amide bonds. The molecule has 0 fully saturated rings. The number of allylic oxidation sites excluding steroid dienone is 2. The molecule has 4 rings (SSSR count). The fraction of sp³-hybridized carbons (Fsp3) is 0.0833. The van der Waals surface area contributed by atoms with Gasteiger partial charge in [0.05, 0.1) is 4.90 Å². The van der Waals surface area contributed by atoms with Crippen LogP contribution in [0.5, 0.6) is 0 Å². The molecule has 1 aliphatic carbocycles. The minimum atomic E-state index is -4.12. The van der Waals surface area contributed by atoms with Gasteiger partial charge in [-0.3, -0.25) is 14.3 Å². The Morgan fingerprint density at radius 1 is 0.750 bits per heavy atom. The normalized spacial score (nSPS) is 13.7. The number of nitrogen functional groups attached to an aromatic ring is 1. The van der Waals surface area contributed by atoms with Gasteiger partial charge in [0.25, 0.3) is 10.0 Å². The second-order valence-corrected chi connectivity index (χ2v) is 9.32. The van der Waals surface area contributed by atoms with E-state index in [4.69, 9.17) is 5.73 Å². The minimum Gasteiger partial charge on any atom is -0.399 e. The predicted molar refractivity (Wildman–Crippen MR) is 123 cm³/mol. The number of aryl methyl sites for hydroxylation is 2. The van der Waals surface area contributed by atoms with E-state index in [9.17, 15) is 18.0 Å². The Hall–Kier alpha value is -3.91. The number of carbonyl (C=O) groups excluding carboxylic acids is 2. The van der Waals surface area contributed by atoms with Crippen molar-refractivity contribution in [2.45, 2.75) is 18.7 Å². The zero-order chi connectivity index (χ0) is 23.0. The van der Waals surface area contributed by atoms with E-state index >= 15 is 0 Å². The zero-order valence-corrected chi connectivity index (χ0v) is 18.3. The molecule has 7 nitrogen and oxygen atoms in total. The van der Waals surface area contributed by atoms with Crippen LogP contribution in [-0.2, 0) is 10.0 Å². The van der Waals surface area contributed by atoms with E-state index < -0.39 is 21.6 Å². The molecule has 8 heteroatoms. The van der Waals surface area contributed by atoms with Crippen LogP contribution < -0.4 is 15.8 Å². The van der Waals surface area contributed by atoms with Crippen LogP contribution in [0.25, 0.3) is 0 Å². The lowest BCUT2D eigenvalue weighted by Crippen LogP contribution is -2.36. The summed E-state index contributed by atoms with van der Waals surface area (Å²) in [6.45, 7) is 3.80. The van der Waals surface area contributed by atoms with Crippen molar-refractivity contribution in [1.29, 1.82) is 0 Å². The van der Waals surface area contributed by atoms with Crippen LogP contribution in [0.4, 0.5) is 11.4 Å². The summed E-state index contributed by atoms with van der Waals surface area (Å²) < 4.78 is 28.3. The van der Waals surface area contributed by atoms with E-state index in [0.717, 1.165) is 11.1 Å². The highest BCUT2D eigenvalue weighted by Crippen LogP contribution is 2.29. The second kappa shape index (κ2) is 7.97. The maximum absolute atomic E-state index is 13.3. The van der Waals surface area contributed by atoms with Gasteiger partial charge >= 0.3 is 0 Å². The Morgan fingerprint density at radius 2 is 1.38 bits per heavy atom. The molecule has 0 unspecified atom stereocenters. The zero-order valence-electron chi connectivity index (χ0n) is 17.5. The van der Waals surface area contributed by atoms with Gasteiger partial charge < -0.3 is 11.1 Å². The number of sulfonamides is 1. The standard InChI is InChI=1S/C24H21N3O4S/c1-14-10-15(2)12-17(11-14)26-21-22(27-32(30,31)18-6-4-3-5-7-18)24(29)20-13-16(25)8-9-19(20)23(21)28/h3-13,26-27H,25H2,1-2H3. The van der Waals surface area contributed by atoms with Crippen LogP contribution >= 0.6 is 0 Å². The van der Waals surface area contributed by atoms with Gasteiger partial charge in [0.1, 0.15) is 11.4 Å². The third-order valence-corrected chi connectivity index (χ3v) is 6.38. The van der Waals surface area contributed by atoms with Crippen molar-refractivity contribution in [2.24, 2.45) is 0 Å². The fourth-order valence-electron chi connectivity index (χ4n) is 3.64. The maximum atomic E-state index is 13.3. The monoisotopic (exact) mass is 447 g/mol. The number of Topliss-reactive ketones (excluding diaryl/α,β-unsaturated/α-hetero) is 2. The molecule has 0 aliphatic heterocycles. The molecule has 0 radical (unpaired) electrons. The summed E-state index contributed by atoms with van der Waals surface area (Å²) in [6.07, 6.45) is 0. The first-order chi connectivity index (χ1) is 15.2. The largest absolute Gasteiger partial charge is 0.399 e. The number of rotatable bonds is 5. The smallest absolute Gasteiger partial charge is 0.262 e. The molecule has 3 aromatic rings. The first-order valence-corrected chi connectivity index (χ1v) is 11.3. The summed E-state index contributed by atoms with van der Waals surface area (Å²) in [4.78, 5) is 26.6. The van der Waals surface area contributed by atoms with Gasteiger partial charge in [-0.1, -0.05) is 24.3 Å². The SMILES string of the molecule is Cc1cc(C)cc(NC2=C(NS(=O)(=O)c3ccccc3)C(=O)c3cc(N)ccc3C2=O)c1. The highest BCUT2D eigenvalue weighted by Gasteiger charge is 2.35. The molecule has 3 aromatic carbocycles. The molecule has 1 aliphatic rings. The molecule has 162 valence electrons. The molecule has 0 heterocycles. The van der Waals surface area contributed by atoms with Crippen molar-refractivity contribution in [2.75, 3.05) is 11.1 Å². The lowest BCUT2D eigenvalue weighted by atomic mass is 9.90. The Bertz CT molecular complexity index is 1370. The Balaban J connectivity index is 1.87. The van der Waals surface area contributed by atoms with Crippen molar-refractivity contribution >= 4 is 33.0 Å². The number of fused-ring (bicyclic) bond motifs is 1. The first-order valence-electron chi connectivity index (χ1n) is 9.82. The second-order valence-electron chi connectivity index (χ2n) is 7.63. The first kappa shape index (κ1) is 21.3. The fourth-order valence-corrected chi connectivity index (χ4v) is 4.74. The third kappa shape index (κ3) is 4.00. The van der Waals surface area contributed by atoms with Crippen molar-refractivity contribution in [1.82, 2.24) is 4.72 Å². The molecular formula is C24H21N3O4S. The minimum absolute atomic E-state index is 0.0307. The number of ketones is 2. The van der Waals surface area contributed by atoms with Crippen molar-refractivity contribution < 1.29 is 18.0 Å². The molecule has 4 N–H and O–H groups in total. The average molecular weight is 448 g/mol. The van der Waals surface area contributed by atoms with Gasteiger partial charge in [-0.05, 0) is 67.4 Å². The summed E-state index contributed by atoms with van der Waals surface area (Å²) >= 11 is 0. The molecule has 0 bridgehead atoms. The number of anilines is 2. The number of hydrogen-bond acceptors (Lipinski definition) is 6. The summed E-state index contributed by atoms with van der Waals surface area (Å²) in [5.41, 5.74) is 8.27. The van der Waals surface area contributed by atoms with Crippen molar-refractivity contribution in [3.05, 3.63) is 100 Å². The van der Waals surface area contributed by atoms with Crippen LogP contribution in [0, 0.1) is 13.8 Å². The summed E-state index contributed by atoms with van der Waals surface area (Å²) in [5.74, 6) is -1.15. The third-order valence-electron chi connectivity index (χ3n) is 5.02. The Kier molecular flexibility index (Phi) is 5.31. The van der Waals surface area contributed by atoms with Crippen molar-refractivity contribution in [3.63, 3.8) is 0 Å². The van der Waals surface area contributed by atoms with Gasteiger partial charge in [0.2, 0.25) is 11.6 Å². The lowest BCUT2D eigenvalue weighted by Gasteiger charge is -2.23. The van der Waals surface area contributed by atoms with Crippen LogP contribution in [0.3, 0.4) is 0 Å². The van der Waals surface area contributed by atoms with Gasteiger partial charge in [0, 0.05) is 22.5 Å². The number of carbonyl (C=O) groups is 2. The highest BCUT2D eigenvalue weighted by molar-refractivity contribution is 7.89. The molecular weight excluding hydrogens is 426 g/mol. The van der Waals surface area contributed by atoms with Crippen LogP contribution in [-0.4, -0.2) is 20.0 Å². The number of nitrogens with two attached hydrogens (primary N) is 1. The summed E-state index contributed by atoms with van der Waals surface area (Å²) in [5, 5.41) is 2.97. The molecule has 32 heavy (non-hydrogen) atoms. The maximum Gasteiger partial charge on any atom is 0.262 e. The lowest BCUT2D eigenvalue weighted by molar-refractivity contribution is 0.0972. The Morgan fingerprint density at radius 3 is 2.03 bits per heavy atom. The van der Waals surface area contributed by atoms with Crippen LogP contribution in [0.1, 0.15) is 31.8 Å². The average Bonchev–Trinajstić information content (AvgIpc) is 2.74. The number of benzene rings is 3. The van der Waals surface area contributed by atoms with Crippen molar-refractivity contribution in [3.8, 4) is 0 Å². The molecule has 0 saturated heterocycles. The van der Waals surface area contributed by atoms with E-state index in [1.54, 1.807) is 30.3 Å². The molecule has 0 spiro atoms. The topological polar surface area (TPSA) is 118 Å². The van der Waals surface area contributed by atoms with Crippen LogP contribution in [0.15, 0.2) is 83.0 Å². The molecule has 0 aromatic heterocycles. The number of nitrogens with one attached hydrogen (secondary N) is 2. The summed E-state index contributed by atoms with van der Waals surface area (Å²) in [7, 11) is -4.12. The predicted octanol–water partition coefficient (Wildman–Crippen LogP) is 3.57. The van der Waals surface area contributed by atoms with E-state index in [0.29, 0.717) is 11.4 Å². The highest BCUT2D eigenvalue weighted by atomic mass is 32.2. The Labute approximate surface area is 186 Å². The van der Waals surface area contributed by atoms with E-state index in [2.05, 4.69) is 10.0 Å². The van der Waals surface area contributed by atoms with Gasteiger partial charge in [0.15, 0.2) is 0 Å². The summed E-state index contributed by atoms with van der Waals surface area (Å²) in [6, 6.07) is 17.6. The van der Waals surface area contributed by atoms with Gasteiger partial charge in [-0.2, -0.15) is 0 Å². The molecule has 0 saturated carbocycles. The van der Waals surface area contributed by atoms with E-state index in [1.807, 2.05) is 19.9 Å². The number of hydrogen-bond donors (Lipinski definition) is 3. The van der Waals surface area contributed by atoms with Crippen LogP contribution in [0.2, 0.25) is 0 Å². The van der Waals surface area contributed by atoms with E-state index in [-0.39, 0.29) is 27.4 Å². The molecule has 0 atom stereocenters. The van der Waals surface area contributed by atoms with Gasteiger partial charge in [-0.15, -0.1) is 0 Å².